The maximum atomic E-state index is 12.2. The van der Waals surface area contributed by atoms with E-state index in [2.05, 4.69) is 0 Å². The fourth-order valence-corrected chi connectivity index (χ4v) is 3.71. The molecule has 11 heteroatoms. The monoisotopic (exact) mass is 482 g/mol. The summed E-state index contributed by atoms with van der Waals surface area (Å²) in [5, 5.41) is 9.97. The normalized spacial score (nSPS) is 25.0. The van der Waals surface area contributed by atoms with Crippen molar-refractivity contribution in [2.45, 2.75) is 84.0 Å². The van der Waals surface area contributed by atoms with E-state index in [9.17, 15) is 24.3 Å². The first-order valence-corrected chi connectivity index (χ1v) is 11.4. The van der Waals surface area contributed by atoms with E-state index in [0.717, 1.165) is 0 Å². The molecule has 1 saturated heterocycles. The number of nitrogens with zero attached hydrogens (tertiary/aromatic N) is 1. The largest absolute Gasteiger partial charge is 0.463 e. The fourth-order valence-electron chi connectivity index (χ4n) is 3.71. The summed E-state index contributed by atoms with van der Waals surface area (Å²) in [4.78, 5) is 49.0. The number of rotatable bonds is 11. The van der Waals surface area contributed by atoms with Gasteiger partial charge in [-0.15, -0.1) is 0 Å². The quantitative estimate of drug-likeness (QED) is 0.320. The van der Waals surface area contributed by atoms with Gasteiger partial charge < -0.3 is 34.7 Å². The van der Waals surface area contributed by atoms with Crippen LogP contribution < -0.4 is 5.73 Å². The summed E-state index contributed by atoms with van der Waals surface area (Å²) in [6.07, 6.45) is 1.88. The molecule has 0 aromatic carbocycles. The minimum absolute atomic E-state index is 0.188. The van der Waals surface area contributed by atoms with Crippen LogP contribution in [0.25, 0.3) is 0 Å². The minimum Gasteiger partial charge on any atom is -0.463 e. The number of carbonyl (C=O) groups is 4. The van der Waals surface area contributed by atoms with Crippen LogP contribution in [0.1, 0.15) is 53.4 Å². The maximum absolute atomic E-state index is 12.2. The second kappa shape index (κ2) is 12.5. The van der Waals surface area contributed by atoms with Crippen molar-refractivity contribution in [1.29, 1.82) is 0 Å². The predicted octanol–water partition coefficient (Wildman–Crippen LogP) is 0.894. The molecular formula is C23H34N2O9. The zero-order valence-corrected chi connectivity index (χ0v) is 20.0. The highest BCUT2D eigenvalue weighted by Crippen LogP contribution is 2.33. The molecule has 34 heavy (non-hydrogen) atoms. The van der Waals surface area contributed by atoms with Gasteiger partial charge in [0.25, 0.3) is 0 Å². The second-order valence-corrected chi connectivity index (χ2v) is 8.33. The van der Waals surface area contributed by atoms with Crippen molar-refractivity contribution in [3.8, 4) is 0 Å². The molecule has 3 N–H and O–H groups in total. The Hall–Kier alpha value is -2.92. The van der Waals surface area contributed by atoms with Gasteiger partial charge in [0.2, 0.25) is 5.91 Å². The highest BCUT2D eigenvalue weighted by atomic mass is 16.6. The third kappa shape index (κ3) is 7.29. The summed E-state index contributed by atoms with van der Waals surface area (Å²) in [7, 11) is 0. The molecule has 2 heterocycles. The lowest BCUT2D eigenvalue weighted by Crippen LogP contribution is -2.40. The van der Waals surface area contributed by atoms with Crippen molar-refractivity contribution >= 4 is 23.8 Å². The molecule has 0 aromatic heterocycles. The van der Waals surface area contributed by atoms with E-state index in [4.69, 9.17) is 24.7 Å². The summed E-state index contributed by atoms with van der Waals surface area (Å²) in [5.74, 6) is -3.13. The van der Waals surface area contributed by atoms with Gasteiger partial charge >= 0.3 is 17.9 Å². The number of aliphatic hydroxyl groups is 1. The second-order valence-electron chi connectivity index (χ2n) is 8.33. The molecule has 0 bridgehead atoms. The number of ether oxygens (including phenoxy) is 4. The van der Waals surface area contributed by atoms with Crippen LogP contribution in [-0.4, -0.2) is 71.1 Å². The van der Waals surface area contributed by atoms with Crippen LogP contribution in [0.2, 0.25) is 0 Å². The third-order valence-electron chi connectivity index (χ3n) is 5.77. The molecule has 1 fully saturated rings. The molecule has 0 aliphatic carbocycles. The predicted molar refractivity (Wildman–Crippen MR) is 118 cm³/mol. The van der Waals surface area contributed by atoms with Crippen molar-refractivity contribution in [1.82, 2.24) is 4.90 Å². The number of allylic oxidation sites excluding steroid dienone is 1. The highest BCUT2D eigenvalue weighted by molar-refractivity contribution is 5.92. The first-order chi connectivity index (χ1) is 16.1. The van der Waals surface area contributed by atoms with Gasteiger partial charge in [0.05, 0.1) is 6.42 Å². The van der Waals surface area contributed by atoms with Crippen molar-refractivity contribution in [3.63, 3.8) is 0 Å². The first kappa shape index (κ1) is 27.3. The summed E-state index contributed by atoms with van der Waals surface area (Å²) in [5.41, 5.74) is 5.74. The number of aliphatic hydroxyl groups excluding tert-OH is 1. The van der Waals surface area contributed by atoms with Crippen LogP contribution in [-0.2, 0) is 38.1 Å². The minimum atomic E-state index is -1.63. The van der Waals surface area contributed by atoms with E-state index in [0.29, 0.717) is 24.8 Å². The topological polar surface area (TPSA) is 155 Å². The van der Waals surface area contributed by atoms with E-state index in [-0.39, 0.29) is 18.6 Å². The standard InChI is InChI=1S/C23H34N2O9/c1-5-16(6-2)33-23(30)17(27)10-19(28)31-12-18-13(3)20(32-14(4)26)22(34-18)25-9-7-8-15(11-25)21(24)29/h7,9,11,13,16-18,20,22,27H,5-6,8,10,12H2,1-4H3,(H2,24,29)/t13-,17+,18-,20-,22-/m1/s1. The average molecular weight is 483 g/mol. The van der Waals surface area contributed by atoms with Crippen LogP contribution in [0.4, 0.5) is 0 Å². The molecule has 0 aromatic rings. The summed E-state index contributed by atoms with van der Waals surface area (Å²) in [6.45, 7) is 6.57. The van der Waals surface area contributed by atoms with Crippen molar-refractivity contribution < 1.29 is 43.2 Å². The SMILES string of the molecule is CCC(CC)OC(=O)[C@@H](O)CC(=O)OC[C@H]1O[C@@H](N2C=CCC(C(N)=O)=C2)[C@H](OC(C)=O)[C@@H]1C. The fraction of sp³-hybridized carbons (Fsp3) is 0.652. The highest BCUT2D eigenvalue weighted by Gasteiger charge is 2.47. The van der Waals surface area contributed by atoms with E-state index >= 15 is 0 Å². The Kier molecular flexibility index (Phi) is 10.1. The van der Waals surface area contributed by atoms with Gasteiger partial charge in [-0.2, -0.15) is 0 Å². The molecule has 0 unspecified atom stereocenters. The maximum Gasteiger partial charge on any atom is 0.335 e. The van der Waals surface area contributed by atoms with Gasteiger partial charge in [0, 0.05) is 30.8 Å². The molecule has 190 valence electrons. The van der Waals surface area contributed by atoms with Crippen LogP contribution in [0.15, 0.2) is 24.0 Å². The van der Waals surface area contributed by atoms with Gasteiger partial charge in [0.15, 0.2) is 18.4 Å². The zero-order valence-electron chi connectivity index (χ0n) is 20.0. The molecule has 5 atom stereocenters. The number of hydrogen-bond donors (Lipinski definition) is 2. The van der Waals surface area contributed by atoms with E-state index in [1.807, 2.05) is 13.8 Å². The van der Waals surface area contributed by atoms with Crippen molar-refractivity contribution in [2.75, 3.05) is 6.61 Å². The van der Waals surface area contributed by atoms with Crippen LogP contribution in [0.3, 0.4) is 0 Å². The Morgan fingerprint density at radius 2 is 1.94 bits per heavy atom. The van der Waals surface area contributed by atoms with Crippen molar-refractivity contribution in [2.24, 2.45) is 11.7 Å². The number of hydrogen-bond acceptors (Lipinski definition) is 10. The number of nitrogens with two attached hydrogens (primary N) is 1. The number of esters is 3. The number of primary amides is 1. The molecule has 11 nitrogen and oxygen atoms in total. The smallest absolute Gasteiger partial charge is 0.335 e. The van der Waals surface area contributed by atoms with Crippen LogP contribution in [0.5, 0.6) is 0 Å². The van der Waals surface area contributed by atoms with Gasteiger partial charge in [0.1, 0.15) is 18.8 Å². The Morgan fingerprint density at radius 1 is 1.26 bits per heavy atom. The lowest BCUT2D eigenvalue weighted by atomic mass is 10.00. The zero-order chi connectivity index (χ0) is 25.4. The molecule has 1 amide bonds. The molecule has 2 rings (SSSR count). The molecular weight excluding hydrogens is 448 g/mol. The summed E-state index contributed by atoms with van der Waals surface area (Å²) < 4.78 is 21.8. The van der Waals surface area contributed by atoms with Gasteiger partial charge in [-0.1, -0.05) is 26.8 Å². The van der Waals surface area contributed by atoms with Gasteiger partial charge in [-0.05, 0) is 19.3 Å². The third-order valence-corrected chi connectivity index (χ3v) is 5.77. The van der Waals surface area contributed by atoms with Gasteiger partial charge in [-0.3, -0.25) is 14.4 Å². The Labute approximate surface area is 198 Å². The van der Waals surface area contributed by atoms with E-state index in [1.54, 1.807) is 24.1 Å². The summed E-state index contributed by atoms with van der Waals surface area (Å²) in [6, 6.07) is 0. The molecule has 2 aliphatic heterocycles. The number of amides is 1. The molecule has 2 aliphatic rings. The van der Waals surface area contributed by atoms with Crippen LogP contribution in [0, 0.1) is 5.92 Å². The first-order valence-electron chi connectivity index (χ1n) is 11.4. The molecule has 0 saturated carbocycles. The van der Waals surface area contributed by atoms with Crippen LogP contribution >= 0.6 is 0 Å². The lowest BCUT2D eigenvalue weighted by Gasteiger charge is -2.30. The Balaban J connectivity index is 1.99. The summed E-state index contributed by atoms with van der Waals surface area (Å²) >= 11 is 0. The van der Waals surface area contributed by atoms with E-state index in [1.165, 1.54) is 13.1 Å². The Morgan fingerprint density at radius 3 is 2.53 bits per heavy atom. The van der Waals surface area contributed by atoms with E-state index < -0.39 is 54.8 Å². The van der Waals surface area contributed by atoms with Crippen molar-refractivity contribution in [3.05, 3.63) is 24.0 Å². The average Bonchev–Trinajstić information content (AvgIpc) is 3.10. The molecule has 0 spiro atoms. The lowest BCUT2D eigenvalue weighted by molar-refractivity contribution is -0.166. The Bertz CT molecular complexity index is 821. The number of carbonyl (C=O) groups excluding carboxylic acids is 4. The molecule has 0 radical (unpaired) electrons. The van der Waals surface area contributed by atoms with Gasteiger partial charge in [-0.25, -0.2) is 4.79 Å².